The van der Waals surface area contributed by atoms with Crippen molar-refractivity contribution in [2.45, 2.75) is 13.1 Å². The maximum atomic E-state index is 12.3. The zero-order chi connectivity index (χ0) is 14.5. The third-order valence-electron chi connectivity index (χ3n) is 2.26. The maximum absolute atomic E-state index is 12.3. The topological polar surface area (TPSA) is 58.2 Å². The largest absolute Gasteiger partial charge is 0.416 e. The number of rotatable bonds is 4. The molecule has 0 aliphatic rings. The molecule has 0 radical (unpaired) electrons. The highest BCUT2D eigenvalue weighted by Gasteiger charge is 2.30. The van der Waals surface area contributed by atoms with Crippen molar-refractivity contribution in [2.75, 3.05) is 13.1 Å². The highest BCUT2D eigenvalue weighted by molar-refractivity contribution is 5.94. The minimum absolute atomic E-state index is 0.135. The molecule has 0 atom stereocenters. The van der Waals surface area contributed by atoms with Gasteiger partial charge in [0.1, 0.15) is 0 Å². The number of hydrogen-bond donors (Lipinski definition) is 2. The second-order valence-electron chi connectivity index (χ2n) is 3.81. The average Bonchev–Trinajstić information content (AvgIpc) is 2.33. The molecule has 104 valence electrons. The van der Waals surface area contributed by atoms with Crippen LogP contribution in [-0.4, -0.2) is 24.9 Å². The second-order valence-corrected chi connectivity index (χ2v) is 3.81. The van der Waals surface area contributed by atoms with Crippen molar-refractivity contribution in [1.82, 2.24) is 10.6 Å². The summed E-state index contributed by atoms with van der Waals surface area (Å²) in [6.07, 6.45) is -4.42. The first-order valence-electron chi connectivity index (χ1n) is 5.50. The van der Waals surface area contributed by atoms with Crippen molar-refractivity contribution in [3.05, 3.63) is 35.4 Å². The lowest BCUT2D eigenvalue weighted by molar-refractivity contribution is -0.137. The summed E-state index contributed by atoms with van der Waals surface area (Å²) in [7, 11) is 0. The molecule has 0 aliphatic heterocycles. The van der Waals surface area contributed by atoms with Crippen molar-refractivity contribution in [3.8, 4) is 0 Å². The molecule has 1 rings (SSSR count). The van der Waals surface area contributed by atoms with E-state index in [1.54, 1.807) is 0 Å². The van der Waals surface area contributed by atoms with Gasteiger partial charge in [-0.05, 0) is 24.3 Å². The van der Waals surface area contributed by atoms with Gasteiger partial charge in [0.15, 0.2) is 0 Å². The van der Waals surface area contributed by atoms with Gasteiger partial charge < -0.3 is 10.6 Å². The summed E-state index contributed by atoms with van der Waals surface area (Å²) in [6.45, 7) is 1.82. The molecule has 0 spiro atoms. The standard InChI is InChI=1S/C12H13F3N2O2/c1-8(18)16-6-7-17-11(19)9-2-4-10(5-3-9)12(13,14)15/h2-5H,6-7H2,1H3,(H,16,18)(H,17,19). The highest BCUT2D eigenvalue weighted by atomic mass is 19.4. The SMILES string of the molecule is CC(=O)NCCNC(=O)c1ccc(C(F)(F)F)cc1. The number of halogens is 3. The number of benzene rings is 1. The van der Waals surface area contributed by atoms with Gasteiger partial charge in [-0.15, -0.1) is 0 Å². The summed E-state index contributed by atoms with van der Waals surface area (Å²) in [4.78, 5) is 22.1. The predicted octanol–water partition coefficient (Wildman–Crippen LogP) is 1.57. The number of amides is 2. The summed E-state index contributed by atoms with van der Waals surface area (Å²) < 4.78 is 36.9. The van der Waals surface area contributed by atoms with E-state index in [-0.39, 0.29) is 24.6 Å². The van der Waals surface area contributed by atoms with Crippen molar-refractivity contribution in [2.24, 2.45) is 0 Å². The van der Waals surface area contributed by atoms with Crippen LogP contribution in [0.5, 0.6) is 0 Å². The molecular formula is C12H13F3N2O2. The van der Waals surface area contributed by atoms with Crippen molar-refractivity contribution < 1.29 is 22.8 Å². The molecule has 0 saturated carbocycles. The lowest BCUT2D eigenvalue weighted by Crippen LogP contribution is -2.33. The molecule has 1 aromatic carbocycles. The van der Waals surface area contributed by atoms with Crippen molar-refractivity contribution in [3.63, 3.8) is 0 Å². The number of alkyl halides is 3. The van der Waals surface area contributed by atoms with E-state index < -0.39 is 17.6 Å². The normalized spacial score (nSPS) is 10.9. The Morgan fingerprint density at radius 3 is 2.05 bits per heavy atom. The zero-order valence-electron chi connectivity index (χ0n) is 10.2. The van der Waals surface area contributed by atoms with Crippen LogP contribution in [0.3, 0.4) is 0 Å². The second kappa shape index (κ2) is 6.21. The minimum atomic E-state index is -4.42. The van der Waals surface area contributed by atoms with Crippen LogP contribution < -0.4 is 10.6 Å². The molecule has 0 aliphatic carbocycles. The Bertz CT molecular complexity index is 455. The van der Waals surface area contributed by atoms with Crippen LogP contribution in [0.15, 0.2) is 24.3 Å². The van der Waals surface area contributed by atoms with Gasteiger partial charge >= 0.3 is 6.18 Å². The van der Waals surface area contributed by atoms with E-state index in [0.29, 0.717) is 0 Å². The van der Waals surface area contributed by atoms with Crippen LogP contribution in [0.1, 0.15) is 22.8 Å². The van der Waals surface area contributed by atoms with E-state index in [0.717, 1.165) is 24.3 Å². The third-order valence-corrected chi connectivity index (χ3v) is 2.26. The maximum Gasteiger partial charge on any atom is 0.416 e. The number of nitrogens with one attached hydrogen (secondary N) is 2. The Balaban J connectivity index is 2.52. The molecule has 2 amide bonds. The minimum Gasteiger partial charge on any atom is -0.355 e. The molecule has 0 aromatic heterocycles. The van der Waals surface area contributed by atoms with E-state index >= 15 is 0 Å². The monoisotopic (exact) mass is 274 g/mol. The zero-order valence-corrected chi connectivity index (χ0v) is 10.2. The van der Waals surface area contributed by atoms with Gasteiger partial charge in [-0.25, -0.2) is 0 Å². The first-order valence-corrected chi connectivity index (χ1v) is 5.50. The summed E-state index contributed by atoms with van der Waals surface area (Å²) in [5, 5.41) is 4.96. The third kappa shape index (κ3) is 4.99. The fourth-order valence-corrected chi connectivity index (χ4v) is 1.33. The van der Waals surface area contributed by atoms with Crippen molar-refractivity contribution >= 4 is 11.8 Å². The van der Waals surface area contributed by atoms with E-state index in [2.05, 4.69) is 10.6 Å². The molecule has 7 heteroatoms. The van der Waals surface area contributed by atoms with Gasteiger partial charge in [0.25, 0.3) is 5.91 Å². The highest BCUT2D eigenvalue weighted by Crippen LogP contribution is 2.28. The Labute approximate surface area is 108 Å². The molecule has 2 N–H and O–H groups in total. The Kier molecular flexibility index (Phi) is 4.91. The van der Waals surface area contributed by atoms with Gasteiger partial charge in [-0.2, -0.15) is 13.2 Å². The van der Waals surface area contributed by atoms with Gasteiger partial charge in [0.05, 0.1) is 5.56 Å². The fourth-order valence-electron chi connectivity index (χ4n) is 1.33. The van der Waals surface area contributed by atoms with Crippen LogP contribution in [0.25, 0.3) is 0 Å². The molecule has 19 heavy (non-hydrogen) atoms. The van der Waals surface area contributed by atoms with E-state index in [1.807, 2.05) is 0 Å². The Morgan fingerprint density at radius 2 is 1.58 bits per heavy atom. The predicted molar refractivity (Wildman–Crippen MR) is 62.5 cm³/mol. The van der Waals surface area contributed by atoms with Crippen molar-refractivity contribution in [1.29, 1.82) is 0 Å². The van der Waals surface area contributed by atoms with E-state index in [9.17, 15) is 22.8 Å². The molecule has 4 nitrogen and oxygen atoms in total. The van der Waals surface area contributed by atoms with Gasteiger partial charge in [0.2, 0.25) is 5.91 Å². The fraction of sp³-hybridized carbons (Fsp3) is 0.333. The molecule has 0 unspecified atom stereocenters. The summed E-state index contributed by atoms with van der Waals surface area (Å²) in [5.74, 6) is -0.706. The van der Waals surface area contributed by atoms with Gasteiger partial charge in [-0.3, -0.25) is 9.59 Å². The summed E-state index contributed by atoms with van der Waals surface area (Å²) in [5.41, 5.74) is -0.668. The van der Waals surface area contributed by atoms with Crippen LogP contribution in [0.4, 0.5) is 13.2 Å². The average molecular weight is 274 g/mol. The van der Waals surface area contributed by atoms with Crippen LogP contribution in [0, 0.1) is 0 Å². The van der Waals surface area contributed by atoms with Gasteiger partial charge in [-0.1, -0.05) is 0 Å². The first kappa shape index (κ1) is 15.0. The first-order chi connectivity index (χ1) is 8.80. The number of hydrogen-bond acceptors (Lipinski definition) is 2. The Morgan fingerprint density at radius 1 is 1.05 bits per heavy atom. The van der Waals surface area contributed by atoms with Crippen LogP contribution in [0.2, 0.25) is 0 Å². The molecule has 0 heterocycles. The lowest BCUT2D eigenvalue weighted by atomic mass is 10.1. The van der Waals surface area contributed by atoms with E-state index in [1.165, 1.54) is 6.92 Å². The van der Waals surface area contributed by atoms with Crippen LogP contribution in [-0.2, 0) is 11.0 Å². The molecule has 1 aromatic rings. The quantitative estimate of drug-likeness (QED) is 0.819. The molecule has 0 fully saturated rings. The molecule has 0 bridgehead atoms. The number of carbonyl (C=O) groups excluding carboxylic acids is 2. The summed E-state index contributed by atoms with van der Waals surface area (Å²) >= 11 is 0. The molecule has 0 saturated heterocycles. The smallest absolute Gasteiger partial charge is 0.355 e. The van der Waals surface area contributed by atoms with E-state index in [4.69, 9.17) is 0 Å². The van der Waals surface area contributed by atoms with Crippen LogP contribution >= 0.6 is 0 Å². The summed E-state index contributed by atoms with van der Waals surface area (Å²) in [6, 6.07) is 3.92. The number of carbonyl (C=O) groups is 2. The lowest BCUT2D eigenvalue weighted by Gasteiger charge is -2.08. The molecular weight excluding hydrogens is 261 g/mol. The van der Waals surface area contributed by atoms with Gasteiger partial charge in [0, 0.05) is 25.6 Å². The Hall–Kier alpha value is -2.05.